The summed E-state index contributed by atoms with van der Waals surface area (Å²) in [5, 5.41) is 9.62. The first-order valence-corrected chi connectivity index (χ1v) is 9.13. The fourth-order valence-corrected chi connectivity index (χ4v) is 4.85. The molecule has 2 atom stereocenters. The highest BCUT2D eigenvalue weighted by Crippen LogP contribution is 2.18. The first-order chi connectivity index (χ1) is 9.41. The second kappa shape index (κ2) is 6.41. The van der Waals surface area contributed by atoms with Crippen LogP contribution < -0.4 is 0 Å². The smallest absolute Gasteiger partial charge is 0.237 e. The van der Waals surface area contributed by atoms with Crippen molar-refractivity contribution in [3.05, 3.63) is 0 Å². The van der Waals surface area contributed by atoms with Gasteiger partial charge in [0.2, 0.25) is 5.91 Å². The molecule has 0 radical (unpaired) electrons. The molecule has 2 rings (SSSR count). The molecule has 2 saturated heterocycles. The average molecular weight is 304 g/mol. The molecule has 1 amide bonds. The minimum atomic E-state index is -2.97. The summed E-state index contributed by atoms with van der Waals surface area (Å²) in [6.07, 6.45) is 1.89. The molecular weight excluding hydrogens is 280 g/mol. The van der Waals surface area contributed by atoms with Crippen molar-refractivity contribution in [3.8, 4) is 0 Å². The molecule has 2 aliphatic heterocycles. The molecule has 0 spiro atoms. The lowest BCUT2D eigenvalue weighted by Crippen LogP contribution is -2.48. The van der Waals surface area contributed by atoms with E-state index in [0.717, 1.165) is 19.4 Å². The fraction of sp³-hybridized carbons (Fsp3) is 0.923. The normalized spacial score (nSPS) is 30.3. The zero-order chi connectivity index (χ0) is 14.8. The van der Waals surface area contributed by atoms with Gasteiger partial charge in [-0.05, 0) is 32.7 Å². The molecule has 0 bridgehead atoms. The number of β-amino-alcohol motifs (C(OH)–C–C–N with tert-alkyl or cyclic N) is 1. The monoisotopic (exact) mass is 304 g/mol. The van der Waals surface area contributed by atoms with E-state index >= 15 is 0 Å². The number of amides is 1. The van der Waals surface area contributed by atoms with Crippen LogP contribution in [0.4, 0.5) is 0 Å². The van der Waals surface area contributed by atoms with E-state index in [1.165, 1.54) is 0 Å². The van der Waals surface area contributed by atoms with Crippen LogP contribution in [0.25, 0.3) is 0 Å². The lowest BCUT2D eigenvalue weighted by atomic mass is 10.1. The van der Waals surface area contributed by atoms with Gasteiger partial charge < -0.3 is 10.0 Å². The SMILES string of the molecule is CCN(C(=O)CN1CCCC(O)C1)C1CCS(=O)(=O)C1. The Bertz CT molecular complexity index is 451. The van der Waals surface area contributed by atoms with Crippen LogP contribution in [0.1, 0.15) is 26.2 Å². The third kappa shape index (κ3) is 3.93. The van der Waals surface area contributed by atoms with Gasteiger partial charge in [0, 0.05) is 19.1 Å². The predicted molar refractivity (Wildman–Crippen MR) is 76.1 cm³/mol. The Balaban J connectivity index is 1.92. The Hall–Kier alpha value is -0.660. The summed E-state index contributed by atoms with van der Waals surface area (Å²) < 4.78 is 23.1. The number of likely N-dealkylation sites (N-methyl/N-ethyl adjacent to an activating group) is 1. The van der Waals surface area contributed by atoms with Crippen molar-refractivity contribution in [2.45, 2.75) is 38.3 Å². The molecule has 2 fully saturated rings. The Labute approximate surface area is 120 Å². The molecule has 1 N–H and O–H groups in total. The summed E-state index contributed by atoms with van der Waals surface area (Å²) in [7, 11) is -2.97. The van der Waals surface area contributed by atoms with Crippen LogP contribution in [0.15, 0.2) is 0 Å². The number of nitrogens with zero attached hydrogens (tertiary/aromatic N) is 2. The van der Waals surface area contributed by atoms with E-state index in [2.05, 4.69) is 0 Å². The maximum absolute atomic E-state index is 12.4. The number of hydrogen-bond donors (Lipinski definition) is 1. The highest BCUT2D eigenvalue weighted by Gasteiger charge is 2.34. The molecule has 6 nitrogen and oxygen atoms in total. The zero-order valence-corrected chi connectivity index (χ0v) is 12.8. The van der Waals surface area contributed by atoms with Gasteiger partial charge in [-0.15, -0.1) is 0 Å². The van der Waals surface area contributed by atoms with Gasteiger partial charge in [0.05, 0.1) is 24.2 Å². The summed E-state index contributed by atoms with van der Waals surface area (Å²) in [6, 6.07) is -0.174. The lowest BCUT2D eigenvalue weighted by Gasteiger charge is -2.33. The first kappa shape index (κ1) is 15.7. The van der Waals surface area contributed by atoms with Crippen LogP contribution >= 0.6 is 0 Å². The molecule has 20 heavy (non-hydrogen) atoms. The van der Waals surface area contributed by atoms with Gasteiger partial charge in [-0.1, -0.05) is 0 Å². The first-order valence-electron chi connectivity index (χ1n) is 7.31. The lowest BCUT2D eigenvalue weighted by molar-refractivity contribution is -0.134. The second-order valence-corrected chi connectivity index (χ2v) is 8.00. The minimum absolute atomic E-state index is 0.0244. The number of rotatable bonds is 4. The number of piperidine rings is 1. The molecule has 2 heterocycles. The number of aliphatic hydroxyl groups is 1. The average Bonchev–Trinajstić information content (AvgIpc) is 2.70. The molecule has 0 aromatic heterocycles. The molecule has 0 aliphatic carbocycles. The largest absolute Gasteiger partial charge is 0.392 e. The Morgan fingerprint density at radius 2 is 2.15 bits per heavy atom. The summed E-state index contributed by atoms with van der Waals surface area (Å²) in [4.78, 5) is 16.0. The molecule has 2 unspecified atom stereocenters. The van der Waals surface area contributed by atoms with Gasteiger partial charge in [0.25, 0.3) is 0 Å². The summed E-state index contributed by atoms with van der Waals surface area (Å²) >= 11 is 0. The zero-order valence-electron chi connectivity index (χ0n) is 12.0. The number of aliphatic hydroxyl groups excluding tert-OH is 1. The van der Waals surface area contributed by atoms with Crippen LogP contribution in [-0.2, 0) is 14.6 Å². The van der Waals surface area contributed by atoms with E-state index in [0.29, 0.717) is 19.5 Å². The quantitative estimate of drug-likeness (QED) is 0.756. The highest BCUT2D eigenvalue weighted by atomic mass is 32.2. The van der Waals surface area contributed by atoms with Gasteiger partial charge in [-0.25, -0.2) is 8.42 Å². The standard InChI is InChI=1S/C13H24N2O4S/c1-2-15(11-5-7-20(18,19)10-11)13(17)9-14-6-3-4-12(16)8-14/h11-12,16H,2-10H2,1H3. The molecule has 0 aromatic carbocycles. The van der Waals surface area contributed by atoms with E-state index in [1.807, 2.05) is 11.8 Å². The van der Waals surface area contributed by atoms with Gasteiger partial charge >= 0.3 is 0 Å². The van der Waals surface area contributed by atoms with Crippen molar-refractivity contribution >= 4 is 15.7 Å². The maximum atomic E-state index is 12.4. The molecular formula is C13H24N2O4S. The number of likely N-dealkylation sites (tertiary alicyclic amines) is 1. The summed E-state index contributed by atoms with van der Waals surface area (Å²) in [5.41, 5.74) is 0. The third-order valence-corrected chi connectivity index (χ3v) is 5.90. The van der Waals surface area contributed by atoms with Gasteiger partial charge in [0.1, 0.15) is 0 Å². The fourth-order valence-electron chi connectivity index (χ4n) is 3.12. The summed E-state index contributed by atoms with van der Waals surface area (Å²) in [5.74, 6) is 0.253. The number of carbonyl (C=O) groups excluding carboxylic acids is 1. The van der Waals surface area contributed by atoms with E-state index in [4.69, 9.17) is 0 Å². The van der Waals surface area contributed by atoms with E-state index < -0.39 is 9.84 Å². The van der Waals surface area contributed by atoms with Crippen molar-refractivity contribution < 1.29 is 18.3 Å². The van der Waals surface area contributed by atoms with Gasteiger partial charge in [-0.2, -0.15) is 0 Å². The highest BCUT2D eigenvalue weighted by molar-refractivity contribution is 7.91. The van der Waals surface area contributed by atoms with Crippen molar-refractivity contribution in [3.63, 3.8) is 0 Å². The topological polar surface area (TPSA) is 77.9 Å². The van der Waals surface area contributed by atoms with Gasteiger partial charge in [-0.3, -0.25) is 9.69 Å². The Morgan fingerprint density at radius 1 is 1.40 bits per heavy atom. The third-order valence-electron chi connectivity index (χ3n) is 4.15. The van der Waals surface area contributed by atoms with E-state index in [-0.39, 0.29) is 36.1 Å². The maximum Gasteiger partial charge on any atom is 0.237 e. The van der Waals surface area contributed by atoms with Crippen molar-refractivity contribution in [2.24, 2.45) is 0 Å². The molecule has 116 valence electrons. The molecule has 0 saturated carbocycles. The molecule has 7 heteroatoms. The van der Waals surface area contributed by atoms with Crippen molar-refractivity contribution in [2.75, 3.05) is 37.7 Å². The van der Waals surface area contributed by atoms with Crippen LogP contribution in [-0.4, -0.2) is 79.1 Å². The van der Waals surface area contributed by atoms with E-state index in [1.54, 1.807) is 4.90 Å². The second-order valence-electron chi connectivity index (χ2n) is 5.77. The van der Waals surface area contributed by atoms with Gasteiger partial charge in [0.15, 0.2) is 9.84 Å². The van der Waals surface area contributed by atoms with Crippen LogP contribution in [0.5, 0.6) is 0 Å². The minimum Gasteiger partial charge on any atom is -0.392 e. The number of hydrogen-bond acceptors (Lipinski definition) is 5. The van der Waals surface area contributed by atoms with Crippen molar-refractivity contribution in [1.82, 2.24) is 9.80 Å². The number of carbonyl (C=O) groups is 1. The Kier molecular flexibility index (Phi) is 5.04. The van der Waals surface area contributed by atoms with E-state index in [9.17, 15) is 18.3 Å². The van der Waals surface area contributed by atoms with Crippen LogP contribution in [0, 0.1) is 0 Å². The van der Waals surface area contributed by atoms with Crippen LogP contribution in [0.2, 0.25) is 0 Å². The Morgan fingerprint density at radius 3 is 2.70 bits per heavy atom. The summed E-state index contributed by atoms with van der Waals surface area (Å²) in [6.45, 7) is 4.06. The number of sulfone groups is 1. The molecule has 0 aromatic rings. The van der Waals surface area contributed by atoms with Crippen LogP contribution in [0.3, 0.4) is 0 Å². The van der Waals surface area contributed by atoms with Crippen molar-refractivity contribution in [1.29, 1.82) is 0 Å². The molecule has 2 aliphatic rings. The predicted octanol–water partition coefficient (Wildman–Crippen LogP) is -0.521.